The van der Waals surface area contributed by atoms with E-state index in [0.717, 1.165) is 4.68 Å². The Morgan fingerprint density at radius 1 is 1.28 bits per heavy atom. The number of benzene rings is 1. The van der Waals surface area contributed by atoms with Crippen LogP contribution >= 0.6 is 0 Å². The summed E-state index contributed by atoms with van der Waals surface area (Å²) in [5, 5.41) is 25.0. The van der Waals surface area contributed by atoms with Crippen molar-refractivity contribution in [3.8, 4) is 17.0 Å². The van der Waals surface area contributed by atoms with Crippen molar-refractivity contribution in [1.82, 2.24) is 29.6 Å². The van der Waals surface area contributed by atoms with Gasteiger partial charge in [-0.1, -0.05) is 11.3 Å². The Morgan fingerprint density at radius 2 is 2.06 bits per heavy atom. The van der Waals surface area contributed by atoms with E-state index in [9.17, 15) is 18.3 Å². The zero-order valence-electron chi connectivity index (χ0n) is 17.3. The van der Waals surface area contributed by atoms with Crippen LogP contribution in [-0.4, -0.2) is 59.6 Å². The van der Waals surface area contributed by atoms with Crippen molar-refractivity contribution < 1.29 is 23.0 Å². The minimum Gasteiger partial charge on any atom is -0.479 e. The Balaban J connectivity index is 1.53. The van der Waals surface area contributed by atoms with E-state index in [1.165, 1.54) is 7.11 Å². The predicted octanol–water partition coefficient (Wildman–Crippen LogP) is 3.04. The van der Waals surface area contributed by atoms with E-state index in [1.807, 2.05) is 0 Å². The molecule has 32 heavy (non-hydrogen) atoms. The Morgan fingerprint density at radius 3 is 2.75 bits per heavy atom. The lowest BCUT2D eigenvalue weighted by Crippen LogP contribution is -2.48. The molecule has 2 N–H and O–H groups in total. The Hall–Kier alpha value is -3.41. The first-order chi connectivity index (χ1) is 15.1. The van der Waals surface area contributed by atoms with E-state index in [4.69, 9.17) is 4.74 Å². The lowest BCUT2D eigenvalue weighted by molar-refractivity contribution is -0.142. The first kappa shape index (κ1) is 20.5. The monoisotopic (exact) mass is 447 g/mol. The van der Waals surface area contributed by atoms with Crippen LogP contribution in [0.4, 0.5) is 19.1 Å². The Labute approximate surface area is 179 Å². The van der Waals surface area contributed by atoms with Crippen molar-refractivity contribution in [2.45, 2.75) is 44.1 Å². The molecule has 0 amide bonds. The zero-order chi connectivity index (χ0) is 22.7. The summed E-state index contributed by atoms with van der Waals surface area (Å²) in [7, 11) is 1.49. The van der Waals surface area contributed by atoms with Crippen LogP contribution in [0, 0.1) is 0 Å². The molecular formula is C20H20F3N7O2. The van der Waals surface area contributed by atoms with E-state index >= 15 is 0 Å². The number of hydrogen-bond donors (Lipinski definition) is 2. The number of anilines is 1. The molecule has 4 aromatic rings. The SMILES string of the molecule is COc1nc(NC2CC(C)(O)C2)nn2ccc(-c3ccc4nnn(CC(F)(F)F)c4c3)c12. The molecule has 0 spiro atoms. The molecule has 1 aliphatic rings. The molecule has 0 radical (unpaired) electrons. The number of fused-ring (bicyclic) bond motifs is 2. The number of ether oxygens (including phenoxy) is 1. The molecule has 3 aromatic heterocycles. The lowest BCUT2D eigenvalue weighted by Gasteiger charge is -2.41. The fraction of sp³-hybridized carbons (Fsp3) is 0.400. The van der Waals surface area contributed by atoms with Crippen molar-refractivity contribution >= 4 is 22.5 Å². The minimum atomic E-state index is -4.41. The predicted molar refractivity (Wildman–Crippen MR) is 109 cm³/mol. The molecule has 0 unspecified atom stereocenters. The number of methoxy groups -OCH3 is 1. The number of nitrogens with zero attached hydrogens (tertiary/aromatic N) is 6. The van der Waals surface area contributed by atoms with Crippen molar-refractivity contribution in [1.29, 1.82) is 0 Å². The summed E-state index contributed by atoms with van der Waals surface area (Å²) in [6.07, 6.45) is -1.50. The van der Waals surface area contributed by atoms with Crippen molar-refractivity contribution in [3.05, 3.63) is 30.5 Å². The fourth-order valence-corrected chi connectivity index (χ4v) is 4.13. The van der Waals surface area contributed by atoms with Gasteiger partial charge in [-0.05, 0) is 43.5 Å². The largest absolute Gasteiger partial charge is 0.479 e. The second-order valence-electron chi connectivity index (χ2n) is 8.28. The fourth-order valence-electron chi connectivity index (χ4n) is 4.13. The molecule has 0 atom stereocenters. The summed E-state index contributed by atoms with van der Waals surface area (Å²) in [5.41, 5.74) is 1.89. The van der Waals surface area contributed by atoms with E-state index in [2.05, 4.69) is 25.7 Å². The van der Waals surface area contributed by atoms with E-state index < -0.39 is 18.3 Å². The number of rotatable bonds is 5. The Bertz CT molecular complexity index is 1300. The molecule has 5 rings (SSSR count). The van der Waals surface area contributed by atoms with Crippen LogP contribution in [0.1, 0.15) is 19.8 Å². The smallest absolute Gasteiger partial charge is 0.408 e. The summed E-state index contributed by atoms with van der Waals surface area (Å²) >= 11 is 0. The third-order valence-electron chi connectivity index (χ3n) is 5.53. The molecule has 12 heteroatoms. The van der Waals surface area contributed by atoms with Crippen molar-refractivity contribution in [2.24, 2.45) is 0 Å². The Kier molecular flexibility index (Phi) is 4.52. The number of hydrogen-bond acceptors (Lipinski definition) is 7. The highest BCUT2D eigenvalue weighted by atomic mass is 19.4. The maximum Gasteiger partial charge on any atom is 0.408 e. The van der Waals surface area contributed by atoms with Crippen LogP contribution in [0.5, 0.6) is 5.88 Å². The van der Waals surface area contributed by atoms with Crippen LogP contribution < -0.4 is 10.1 Å². The van der Waals surface area contributed by atoms with Crippen LogP contribution in [0.3, 0.4) is 0 Å². The van der Waals surface area contributed by atoms with E-state index in [-0.39, 0.29) is 11.6 Å². The van der Waals surface area contributed by atoms with Gasteiger partial charge in [0, 0.05) is 17.8 Å². The second kappa shape index (κ2) is 7.05. The molecular weight excluding hydrogens is 427 g/mol. The normalized spacial score (nSPS) is 21.1. The quantitative estimate of drug-likeness (QED) is 0.485. The zero-order valence-corrected chi connectivity index (χ0v) is 17.3. The van der Waals surface area contributed by atoms with Gasteiger partial charge in [-0.15, -0.1) is 10.2 Å². The average molecular weight is 447 g/mol. The topological polar surface area (TPSA) is 102 Å². The third kappa shape index (κ3) is 3.70. The molecule has 9 nitrogen and oxygen atoms in total. The first-order valence-electron chi connectivity index (χ1n) is 9.94. The van der Waals surface area contributed by atoms with Gasteiger partial charge in [0.2, 0.25) is 11.8 Å². The molecule has 0 aliphatic heterocycles. The van der Waals surface area contributed by atoms with Gasteiger partial charge in [0.1, 0.15) is 17.6 Å². The maximum absolute atomic E-state index is 12.9. The third-order valence-corrected chi connectivity index (χ3v) is 5.53. The van der Waals surface area contributed by atoms with Gasteiger partial charge in [-0.3, -0.25) is 0 Å². The van der Waals surface area contributed by atoms with Crippen LogP contribution in [0.15, 0.2) is 30.5 Å². The molecule has 3 heterocycles. The average Bonchev–Trinajstić information content (AvgIpc) is 3.28. The van der Waals surface area contributed by atoms with Gasteiger partial charge in [-0.25, -0.2) is 9.20 Å². The number of aromatic nitrogens is 6. The lowest BCUT2D eigenvalue weighted by atomic mass is 9.77. The van der Waals surface area contributed by atoms with Gasteiger partial charge in [-0.2, -0.15) is 18.2 Å². The van der Waals surface area contributed by atoms with Crippen LogP contribution in [-0.2, 0) is 6.54 Å². The standard InChI is InChI=1S/C20H20F3N7O2/c1-19(31)8-12(9-19)24-18-25-17(32-2)16-13(5-6-29(16)27-18)11-3-4-14-15(7-11)30(28-26-14)10-20(21,22)23/h3-7,12,31H,8-10H2,1-2H3,(H,24,27). The highest BCUT2D eigenvalue weighted by molar-refractivity contribution is 5.89. The summed E-state index contributed by atoms with van der Waals surface area (Å²) in [6.45, 7) is 0.556. The van der Waals surface area contributed by atoms with Crippen molar-refractivity contribution in [3.63, 3.8) is 0 Å². The van der Waals surface area contributed by atoms with Gasteiger partial charge < -0.3 is 15.2 Å². The number of halogens is 3. The molecule has 1 aromatic carbocycles. The first-order valence-corrected chi connectivity index (χ1v) is 9.94. The summed E-state index contributed by atoms with van der Waals surface area (Å²) in [5.74, 6) is 0.676. The van der Waals surface area contributed by atoms with Gasteiger partial charge in [0.05, 0.1) is 18.2 Å². The minimum absolute atomic E-state index is 0.0611. The van der Waals surface area contributed by atoms with Gasteiger partial charge in [0.25, 0.3) is 0 Å². The molecule has 168 valence electrons. The second-order valence-corrected chi connectivity index (χ2v) is 8.28. The molecule has 1 fully saturated rings. The maximum atomic E-state index is 12.9. The van der Waals surface area contributed by atoms with Crippen LogP contribution in [0.25, 0.3) is 27.7 Å². The molecule has 1 aliphatic carbocycles. The molecule has 0 saturated heterocycles. The van der Waals surface area contributed by atoms with Gasteiger partial charge >= 0.3 is 6.18 Å². The molecule has 1 saturated carbocycles. The van der Waals surface area contributed by atoms with Gasteiger partial charge in [0.15, 0.2) is 0 Å². The number of aliphatic hydroxyl groups is 1. The number of nitrogens with one attached hydrogen (secondary N) is 1. The highest BCUT2D eigenvalue weighted by Crippen LogP contribution is 2.35. The highest BCUT2D eigenvalue weighted by Gasteiger charge is 2.38. The number of alkyl halides is 3. The summed E-state index contributed by atoms with van der Waals surface area (Å²) in [4.78, 5) is 4.44. The van der Waals surface area contributed by atoms with Crippen LogP contribution in [0.2, 0.25) is 0 Å². The molecule has 0 bridgehead atoms. The van der Waals surface area contributed by atoms with E-state index in [0.29, 0.717) is 46.8 Å². The summed E-state index contributed by atoms with van der Waals surface area (Å²) < 4.78 is 46.6. The van der Waals surface area contributed by atoms with Crippen molar-refractivity contribution in [2.75, 3.05) is 12.4 Å². The van der Waals surface area contributed by atoms with E-state index in [1.54, 1.807) is 41.9 Å². The summed E-state index contributed by atoms with van der Waals surface area (Å²) in [6, 6.07) is 6.85.